The third-order valence-corrected chi connectivity index (χ3v) is 2.75. The molecule has 0 aromatic carbocycles. The zero-order valence-corrected chi connectivity index (χ0v) is 8.42. The summed E-state index contributed by atoms with van der Waals surface area (Å²) in [4.78, 5) is 15.5. The lowest BCUT2D eigenvalue weighted by Crippen LogP contribution is -2.39. The fourth-order valence-electron chi connectivity index (χ4n) is 1.37. The topological polar surface area (TPSA) is 42.0 Å². The van der Waals surface area contributed by atoms with Crippen molar-refractivity contribution < 1.29 is 4.79 Å². The fourth-order valence-corrected chi connectivity index (χ4v) is 1.58. The van der Waals surface area contributed by atoms with Crippen molar-refractivity contribution >= 4 is 17.5 Å². The van der Waals surface area contributed by atoms with Crippen LogP contribution in [-0.2, 0) is 0 Å². The van der Waals surface area contributed by atoms with E-state index in [1.807, 2.05) is 0 Å². The Morgan fingerprint density at radius 1 is 1.57 bits per heavy atom. The van der Waals surface area contributed by atoms with Crippen LogP contribution in [0.1, 0.15) is 29.6 Å². The second-order valence-electron chi connectivity index (χ2n) is 3.44. The van der Waals surface area contributed by atoms with Gasteiger partial charge in [0, 0.05) is 12.2 Å². The Morgan fingerprint density at radius 3 is 2.93 bits per heavy atom. The molecule has 0 atom stereocenters. The largest absolute Gasteiger partial charge is 0.349 e. The number of hydrogen-bond acceptors (Lipinski definition) is 2. The van der Waals surface area contributed by atoms with E-state index in [1.54, 1.807) is 18.3 Å². The number of hydrogen-bond donors (Lipinski definition) is 1. The highest BCUT2D eigenvalue weighted by Gasteiger charge is 2.21. The number of carbonyl (C=O) groups excluding carboxylic acids is 1. The first-order chi connectivity index (χ1) is 6.77. The summed E-state index contributed by atoms with van der Waals surface area (Å²) in [7, 11) is 0. The molecule has 1 fully saturated rings. The van der Waals surface area contributed by atoms with E-state index in [0.29, 0.717) is 11.6 Å². The zero-order chi connectivity index (χ0) is 9.97. The minimum Gasteiger partial charge on any atom is -0.349 e. The molecule has 0 saturated heterocycles. The number of amides is 1. The van der Waals surface area contributed by atoms with Gasteiger partial charge in [-0.15, -0.1) is 0 Å². The van der Waals surface area contributed by atoms with Crippen LogP contribution in [0.3, 0.4) is 0 Å². The summed E-state index contributed by atoms with van der Waals surface area (Å²) in [5, 5.41) is 3.18. The van der Waals surface area contributed by atoms with Crippen LogP contribution >= 0.6 is 11.6 Å². The SMILES string of the molecule is O=C(NC1CCC1)c1cccnc1Cl. The van der Waals surface area contributed by atoms with Crippen LogP contribution in [0.2, 0.25) is 5.15 Å². The molecule has 2 rings (SSSR count). The van der Waals surface area contributed by atoms with Crippen molar-refractivity contribution in [1.82, 2.24) is 10.3 Å². The van der Waals surface area contributed by atoms with Crippen molar-refractivity contribution in [2.75, 3.05) is 0 Å². The fraction of sp³-hybridized carbons (Fsp3) is 0.400. The van der Waals surface area contributed by atoms with Gasteiger partial charge in [-0.3, -0.25) is 4.79 Å². The van der Waals surface area contributed by atoms with E-state index in [0.717, 1.165) is 12.8 Å². The highest BCUT2D eigenvalue weighted by atomic mass is 35.5. The number of pyridine rings is 1. The first-order valence-electron chi connectivity index (χ1n) is 4.69. The quantitative estimate of drug-likeness (QED) is 0.759. The number of nitrogens with one attached hydrogen (secondary N) is 1. The van der Waals surface area contributed by atoms with Gasteiger partial charge in [0.2, 0.25) is 0 Å². The third kappa shape index (κ3) is 1.87. The molecule has 3 nitrogen and oxygen atoms in total. The lowest BCUT2D eigenvalue weighted by atomic mass is 9.93. The van der Waals surface area contributed by atoms with Crippen LogP contribution in [0.15, 0.2) is 18.3 Å². The van der Waals surface area contributed by atoms with Gasteiger partial charge in [-0.25, -0.2) is 4.98 Å². The summed E-state index contributed by atoms with van der Waals surface area (Å²) in [6.07, 6.45) is 4.92. The summed E-state index contributed by atoms with van der Waals surface area (Å²) in [5.74, 6) is -0.118. The van der Waals surface area contributed by atoms with Gasteiger partial charge < -0.3 is 5.32 Å². The maximum absolute atomic E-state index is 11.6. The van der Waals surface area contributed by atoms with E-state index in [9.17, 15) is 4.79 Å². The highest BCUT2D eigenvalue weighted by Crippen LogP contribution is 2.19. The summed E-state index contributed by atoms with van der Waals surface area (Å²) in [6, 6.07) is 3.73. The van der Waals surface area contributed by atoms with Gasteiger partial charge in [0.1, 0.15) is 5.15 Å². The second-order valence-corrected chi connectivity index (χ2v) is 3.80. The van der Waals surface area contributed by atoms with Crippen molar-refractivity contribution in [1.29, 1.82) is 0 Å². The average molecular weight is 211 g/mol. The number of aromatic nitrogens is 1. The number of nitrogens with zero attached hydrogens (tertiary/aromatic N) is 1. The molecule has 0 bridgehead atoms. The van der Waals surface area contributed by atoms with Gasteiger partial charge in [-0.2, -0.15) is 0 Å². The molecular formula is C10H11ClN2O. The van der Waals surface area contributed by atoms with Gasteiger partial charge in [-0.05, 0) is 31.4 Å². The van der Waals surface area contributed by atoms with Crippen LogP contribution in [0, 0.1) is 0 Å². The minimum absolute atomic E-state index is 0.118. The molecule has 0 unspecified atom stereocenters. The molecule has 1 aliphatic carbocycles. The number of rotatable bonds is 2. The Morgan fingerprint density at radius 2 is 2.36 bits per heavy atom. The van der Waals surface area contributed by atoms with Crippen LogP contribution < -0.4 is 5.32 Å². The van der Waals surface area contributed by atoms with Crippen molar-refractivity contribution in [2.24, 2.45) is 0 Å². The van der Waals surface area contributed by atoms with Crippen LogP contribution in [0.4, 0.5) is 0 Å². The first-order valence-corrected chi connectivity index (χ1v) is 5.06. The van der Waals surface area contributed by atoms with E-state index >= 15 is 0 Å². The lowest BCUT2D eigenvalue weighted by Gasteiger charge is -2.26. The van der Waals surface area contributed by atoms with Gasteiger partial charge in [0.25, 0.3) is 5.91 Å². The molecule has 1 aromatic rings. The van der Waals surface area contributed by atoms with Gasteiger partial charge in [0.15, 0.2) is 0 Å². The first kappa shape index (κ1) is 9.46. The minimum atomic E-state index is -0.118. The van der Waals surface area contributed by atoms with Crippen molar-refractivity contribution in [3.63, 3.8) is 0 Å². The lowest BCUT2D eigenvalue weighted by molar-refractivity contribution is 0.0917. The molecule has 1 aliphatic rings. The summed E-state index contributed by atoms with van der Waals surface area (Å²) in [5.41, 5.74) is 0.459. The Hall–Kier alpha value is -1.09. The third-order valence-electron chi connectivity index (χ3n) is 2.44. The van der Waals surface area contributed by atoms with Crippen molar-refractivity contribution in [2.45, 2.75) is 25.3 Å². The normalized spacial score (nSPS) is 16.1. The predicted molar refractivity (Wildman–Crippen MR) is 54.4 cm³/mol. The number of halogens is 1. The van der Waals surface area contributed by atoms with E-state index in [-0.39, 0.29) is 11.1 Å². The Kier molecular flexibility index (Phi) is 2.68. The summed E-state index contributed by atoms with van der Waals surface area (Å²) in [6.45, 7) is 0. The van der Waals surface area contributed by atoms with Crippen molar-refractivity contribution in [3.8, 4) is 0 Å². The molecule has 1 saturated carbocycles. The van der Waals surface area contributed by atoms with E-state index in [2.05, 4.69) is 10.3 Å². The molecular weight excluding hydrogens is 200 g/mol. The molecule has 0 spiro atoms. The summed E-state index contributed by atoms with van der Waals surface area (Å²) < 4.78 is 0. The molecule has 4 heteroatoms. The maximum atomic E-state index is 11.6. The molecule has 1 amide bonds. The van der Waals surface area contributed by atoms with Crippen molar-refractivity contribution in [3.05, 3.63) is 29.0 Å². The highest BCUT2D eigenvalue weighted by molar-refractivity contribution is 6.32. The molecule has 14 heavy (non-hydrogen) atoms. The predicted octanol–water partition coefficient (Wildman–Crippen LogP) is 2.02. The molecule has 1 aromatic heterocycles. The second kappa shape index (κ2) is 3.96. The Labute approximate surface area is 87.5 Å². The van der Waals surface area contributed by atoms with Gasteiger partial charge in [-0.1, -0.05) is 11.6 Å². The van der Waals surface area contributed by atoms with E-state index < -0.39 is 0 Å². The van der Waals surface area contributed by atoms with E-state index in [4.69, 9.17) is 11.6 Å². The molecule has 74 valence electrons. The van der Waals surface area contributed by atoms with Gasteiger partial charge in [0.05, 0.1) is 5.56 Å². The molecule has 0 radical (unpaired) electrons. The molecule has 1 N–H and O–H groups in total. The van der Waals surface area contributed by atoms with Crippen LogP contribution in [-0.4, -0.2) is 16.9 Å². The average Bonchev–Trinajstić information content (AvgIpc) is 2.12. The number of carbonyl (C=O) groups is 1. The van der Waals surface area contributed by atoms with Crippen LogP contribution in [0.5, 0.6) is 0 Å². The van der Waals surface area contributed by atoms with E-state index in [1.165, 1.54) is 6.42 Å². The standard InChI is InChI=1S/C10H11ClN2O/c11-9-8(5-2-6-12-9)10(14)13-7-3-1-4-7/h2,5-7H,1,3-4H2,(H,13,14). The summed E-state index contributed by atoms with van der Waals surface area (Å²) >= 11 is 5.79. The Balaban J connectivity index is 2.06. The maximum Gasteiger partial charge on any atom is 0.254 e. The van der Waals surface area contributed by atoms with Gasteiger partial charge >= 0.3 is 0 Å². The zero-order valence-electron chi connectivity index (χ0n) is 7.66. The van der Waals surface area contributed by atoms with Crippen LogP contribution in [0.25, 0.3) is 0 Å². The Bertz CT molecular complexity index is 350. The smallest absolute Gasteiger partial charge is 0.254 e. The molecule has 1 heterocycles. The molecule has 0 aliphatic heterocycles. The monoisotopic (exact) mass is 210 g/mol.